The van der Waals surface area contributed by atoms with Crippen molar-refractivity contribution in [3.8, 4) is 0 Å². The Bertz CT molecular complexity index is 655. The van der Waals surface area contributed by atoms with Gasteiger partial charge in [-0.2, -0.15) is 4.98 Å². The Labute approximate surface area is 133 Å². The summed E-state index contributed by atoms with van der Waals surface area (Å²) >= 11 is 0. The van der Waals surface area contributed by atoms with Gasteiger partial charge in [0, 0.05) is 6.04 Å². The predicted octanol–water partition coefficient (Wildman–Crippen LogP) is 2.97. The highest BCUT2D eigenvalue weighted by molar-refractivity contribution is 6.01. The van der Waals surface area contributed by atoms with Crippen LogP contribution in [0.4, 0.5) is 6.01 Å². The lowest BCUT2D eigenvalue weighted by molar-refractivity contribution is 0.0927. The third-order valence-corrected chi connectivity index (χ3v) is 3.89. The van der Waals surface area contributed by atoms with Gasteiger partial charge in [0.2, 0.25) is 0 Å². The fourth-order valence-corrected chi connectivity index (χ4v) is 2.68. The average molecular weight is 317 g/mol. The third kappa shape index (κ3) is 4.00. The molecule has 7 nitrogen and oxygen atoms in total. The summed E-state index contributed by atoms with van der Waals surface area (Å²) in [5.41, 5.74) is 0.156. The van der Waals surface area contributed by atoms with Crippen LogP contribution in [0.2, 0.25) is 0 Å². The molecule has 1 aliphatic carbocycles. The van der Waals surface area contributed by atoms with Gasteiger partial charge in [0.05, 0.1) is 6.26 Å². The number of carbonyl (C=O) groups excluding carboxylic acids is 2. The molecule has 2 amide bonds. The van der Waals surface area contributed by atoms with Crippen molar-refractivity contribution in [2.24, 2.45) is 0 Å². The number of oxazole rings is 1. The number of hydrogen-bond acceptors (Lipinski definition) is 5. The van der Waals surface area contributed by atoms with E-state index in [4.69, 9.17) is 8.83 Å². The molecule has 2 aromatic rings. The van der Waals surface area contributed by atoms with Crippen LogP contribution in [-0.2, 0) is 0 Å². The third-order valence-electron chi connectivity index (χ3n) is 3.89. The molecule has 0 unspecified atom stereocenters. The van der Waals surface area contributed by atoms with E-state index in [2.05, 4.69) is 15.6 Å². The number of furan rings is 1. The number of carbonyl (C=O) groups is 2. The molecule has 0 spiro atoms. The van der Waals surface area contributed by atoms with Gasteiger partial charge in [-0.3, -0.25) is 14.9 Å². The zero-order valence-corrected chi connectivity index (χ0v) is 12.7. The summed E-state index contributed by atoms with van der Waals surface area (Å²) in [5, 5.41) is 5.42. The van der Waals surface area contributed by atoms with Gasteiger partial charge in [0.25, 0.3) is 11.8 Å². The number of nitrogens with one attached hydrogen (secondary N) is 2. The van der Waals surface area contributed by atoms with Crippen LogP contribution in [0.1, 0.15) is 59.6 Å². The minimum absolute atomic E-state index is 0.0302. The van der Waals surface area contributed by atoms with Crippen LogP contribution >= 0.6 is 0 Å². The first-order valence-corrected chi connectivity index (χ1v) is 7.83. The highest BCUT2D eigenvalue weighted by Crippen LogP contribution is 2.18. The van der Waals surface area contributed by atoms with E-state index in [1.807, 2.05) is 0 Å². The first kappa shape index (κ1) is 15.3. The first-order valence-electron chi connectivity index (χ1n) is 7.83. The smallest absolute Gasteiger partial charge is 0.302 e. The normalized spacial score (nSPS) is 15.8. The van der Waals surface area contributed by atoms with E-state index in [9.17, 15) is 9.59 Å². The molecule has 2 aromatic heterocycles. The fourth-order valence-electron chi connectivity index (χ4n) is 2.68. The summed E-state index contributed by atoms with van der Waals surface area (Å²) in [5.74, 6) is -0.612. The van der Waals surface area contributed by atoms with Crippen molar-refractivity contribution < 1.29 is 18.4 Å². The van der Waals surface area contributed by atoms with Gasteiger partial charge in [0.1, 0.15) is 6.26 Å². The largest absolute Gasteiger partial charge is 0.459 e. The summed E-state index contributed by atoms with van der Waals surface area (Å²) in [6, 6.07) is 3.29. The molecule has 0 saturated heterocycles. The fraction of sp³-hybridized carbons (Fsp3) is 0.438. The molecule has 122 valence electrons. The Morgan fingerprint density at radius 1 is 1.09 bits per heavy atom. The van der Waals surface area contributed by atoms with Crippen LogP contribution in [-0.4, -0.2) is 22.8 Å². The molecule has 3 rings (SSSR count). The second kappa shape index (κ2) is 7.13. The van der Waals surface area contributed by atoms with E-state index >= 15 is 0 Å². The lowest BCUT2D eigenvalue weighted by atomic mass is 10.1. The average Bonchev–Trinajstić information content (AvgIpc) is 3.16. The monoisotopic (exact) mass is 317 g/mol. The minimum atomic E-state index is -0.479. The van der Waals surface area contributed by atoms with Crippen LogP contribution in [0.25, 0.3) is 0 Å². The predicted molar refractivity (Wildman–Crippen MR) is 82.1 cm³/mol. The van der Waals surface area contributed by atoms with Crippen molar-refractivity contribution in [2.75, 3.05) is 5.32 Å². The van der Waals surface area contributed by atoms with Crippen LogP contribution in [0.3, 0.4) is 0 Å². The summed E-state index contributed by atoms with van der Waals surface area (Å²) in [6.45, 7) is 0. The lowest BCUT2D eigenvalue weighted by Crippen LogP contribution is -2.34. The molecular weight excluding hydrogens is 298 g/mol. The van der Waals surface area contributed by atoms with Crippen LogP contribution in [0.5, 0.6) is 0 Å². The summed E-state index contributed by atoms with van der Waals surface area (Å²) in [7, 11) is 0. The maximum Gasteiger partial charge on any atom is 0.302 e. The van der Waals surface area contributed by atoms with E-state index in [0.29, 0.717) is 0 Å². The van der Waals surface area contributed by atoms with Crippen molar-refractivity contribution in [2.45, 2.75) is 44.6 Å². The van der Waals surface area contributed by atoms with E-state index in [-0.39, 0.29) is 29.4 Å². The standard InChI is InChI=1S/C16H19N3O4/c20-14(17-11-6-3-1-2-4-7-11)12-10-23-16(18-12)19-15(21)13-8-5-9-22-13/h5,8-11H,1-4,6-7H2,(H,17,20)(H,18,19,21). The highest BCUT2D eigenvalue weighted by atomic mass is 16.4. The van der Waals surface area contributed by atoms with Crippen molar-refractivity contribution in [1.82, 2.24) is 10.3 Å². The number of nitrogens with zero attached hydrogens (tertiary/aromatic N) is 1. The molecule has 1 aliphatic rings. The van der Waals surface area contributed by atoms with Crippen LogP contribution < -0.4 is 10.6 Å². The molecule has 2 heterocycles. The van der Waals surface area contributed by atoms with Crippen LogP contribution in [0.15, 0.2) is 33.5 Å². The molecule has 2 N–H and O–H groups in total. The Hall–Kier alpha value is -2.57. The molecule has 0 bridgehead atoms. The van der Waals surface area contributed by atoms with Gasteiger partial charge >= 0.3 is 6.01 Å². The first-order chi connectivity index (χ1) is 11.2. The summed E-state index contributed by atoms with van der Waals surface area (Å²) in [6.07, 6.45) is 9.33. The Morgan fingerprint density at radius 3 is 2.57 bits per heavy atom. The van der Waals surface area contributed by atoms with Crippen molar-refractivity contribution >= 4 is 17.8 Å². The van der Waals surface area contributed by atoms with Gasteiger partial charge in [0.15, 0.2) is 11.5 Å². The topological polar surface area (TPSA) is 97.4 Å². The van der Waals surface area contributed by atoms with Crippen molar-refractivity contribution in [1.29, 1.82) is 0 Å². The van der Waals surface area contributed by atoms with Gasteiger partial charge in [-0.15, -0.1) is 0 Å². The minimum Gasteiger partial charge on any atom is -0.459 e. The second-order valence-electron chi connectivity index (χ2n) is 5.63. The van der Waals surface area contributed by atoms with Gasteiger partial charge < -0.3 is 14.2 Å². The molecular formula is C16H19N3O4. The van der Waals surface area contributed by atoms with E-state index < -0.39 is 5.91 Å². The SMILES string of the molecule is O=C(NC1CCCCCC1)c1coc(NC(=O)c2ccco2)n1. The molecule has 0 radical (unpaired) electrons. The molecule has 0 aromatic carbocycles. The molecule has 1 fully saturated rings. The van der Waals surface area contributed by atoms with E-state index in [1.165, 1.54) is 31.4 Å². The van der Waals surface area contributed by atoms with Gasteiger partial charge in [-0.1, -0.05) is 25.7 Å². The highest BCUT2D eigenvalue weighted by Gasteiger charge is 2.19. The Kier molecular flexibility index (Phi) is 4.75. The zero-order valence-electron chi connectivity index (χ0n) is 12.7. The number of rotatable bonds is 4. The van der Waals surface area contributed by atoms with Gasteiger partial charge in [-0.05, 0) is 25.0 Å². The molecule has 0 aliphatic heterocycles. The quantitative estimate of drug-likeness (QED) is 0.845. The van der Waals surface area contributed by atoms with E-state index in [1.54, 1.807) is 6.07 Å². The summed E-state index contributed by atoms with van der Waals surface area (Å²) < 4.78 is 10.1. The lowest BCUT2D eigenvalue weighted by Gasteiger charge is -2.14. The number of anilines is 1. The Balaban J connectivity index is 1.57. The number of hydrogen-bond donors (Lipinski definition) is 2. The van der Waals surface area contributed by atoms with Crippen molar-refractivity contribution in [3.63, 3.8) is 0 Å². The molecule has 0 atom stereocenters. The molecule has 1 saturated carbocycles. The van der Waals surface area contributed by atoms with Gasteiger partial charge in [-0.25, -0.2) is 0 Å². The maximum atomic E-state index is 12.2. The van der Waals surface area contributed by atoms with E-state index in [0.717, 1.165) is 25.7 Å². The maximum absolute atomic E-state index is 12.2. The van der Waals surface area contributed by atoms with Crippen molar-refractivity contribution in [3.05, 3.63) is 36.1 Å². The summed E-state index contributed by atoms with van der Waals surface area (Å²) in [4.78, 5) is 28.0. The number of aromatic nitrogens is 1. The van der Waals surface area contributed by atoms with Crippen LogP contribution in [0, 0.1) is 0 Å². The molecule has 23 heavy (non-hydrogen) atoms. The number of amides is 2. The second-order valence-corrected chi connectivity index (χ2v) is 5.63. The Morgan fingerprint density at radius 2 is 1.87 bits per heavy atom. The zero-order chi connectivity index (χ0) is 16.1. The molecule has 7 heteroatoms.